The quantitative estimate of drug-likeness (QED) is 0.883. The van der Waals surface area contributed by atoms with Crippen molar-refractivity contribution in [1.82, 2.24) is 4.98 Å². The Kier molecular flexibility index (Phi) is 3.75. The van der Waals surface area contributed by atoms with Crippen LogP contribution in [0.4, 0.5) is 17.2 Å². The van der Waals surface area contributed by atoms with Gasteiger partial charge in [-0.15, -0.1) is 0 Å². The van der Waals surface area contributed by atoms with Gasteiger partial charge in [0.25, 0.3) is 0 Å². The Morgan fingerprint density at radius 3 is 2.21 bits per heavy atom. The van der Waals surface area contributed by atoms with E-state index in [-0.39, 0.29) is 0 Å². The van der Waals surface area contributed by atoms with Gasteiger partial charge in [0, 0.05) is 23.9 Å². The molecule has 1 aromatic heterocycles. The van der Waals surface area contributed by atoms with Gasteiger partial charge in [0.1, 0.15) is 17.3 Å². The lowest BCUT2D eigenvalue weighted by Gasteiger charge is -2.12. The zero-order valence-corrected chi connectivity index (χ0v) is 11.2. The molecule has 0 bridgehead atoms. The lowest BCUT2D eigenvalue weighted by Crippen LogP contribution is -1.99. The highest BCUT2D eigenvalue weighted by molar-refractivity contribution is 5.64. The van der Waals surface area contributed by atoms with Crippen molar-refractivity contribution in [1.29, 1.82) is 0 Å². The predicted octanol–water partition coefficient (Wildman–Crippen LogP) is 2.73. The van der Waals surface area contributed by atoms with Crippen molar-refractivity contribution in [2.24, 2.45) is 0 Å². The largest absolute Gasteiger partial charge is 0.497 e. The summed E-state index contributed by atoms with van der Waals surface area (Å²) in [6.45, 7) is 1.95. The molecule has 0 spiro atoms. The van der Waals surface area contributed by atoms with E-state index in [9.17, 15) is 0 Å². The normalized spacial score (nSPS) is 10.1. The molecule has 19 heavy (non-hydrogen) atoms. The molecule has 0 aliphatic heterocycles. The smallest absolute Gasteiger partial charge is 0.133 e. The first-order chi connectivity index (χ1) is 9.12. The number of benzene rings is 1. The molecule has 0 aliphatic carbocycles. The molecular formula is C14H17N3O2. The maximum Gasteiger partial charge on any atom is 0.133 e. The fourth-order valence-electron chi connectivity index (χ4n) is 1.74. The molecule has 0 unspecified atom stereocenters. The molecule has 0 atom stereocenters. The number of methoxy groups -OCH3 is 2. The van der Waals surface area contributed by atoms with E-state index in [1.165, 1.54) is 0 Å². The van der Waals surface area contributed by atoms with Crippen LogP contribution in [-0.4, -0.2) is 19.2 Å². The summed E-state index contributed by atoms with van der Waals surface area (Å²) >= 11 is 0. The SMILES string of the molecule is COc1cc(Nc2ncc(N)cc2C)cc(OC)c1. The number of nitrogen functional groups attached to an aromatic ring is 1. The molecule has 3 N–H and O–H groups in total. The lowest BCUT2D eigenvalue weighted by molar-refractivity contribution is 0.395. The molecule has 0 amide bonds. The summed E-state index contributed by atoms with van der Waals surface area (Å²) in [5.41, 5.74) is 8.14. The standard InChI is InChI=1S/C14H17N3O2/c1-9-4-10(15)8-16-14(9)17-11-5-12(18-2)7-13(6-11)19-3/h4-8H,15H2,1-3H3,(H,16,17). The number of rotatable bonds is 4. The first-order valence-electron chi connectivity index (χ1n) is 5.84. The van der Waals surface area contributed by atoms with E-state index in [1.807, 2.05) is 31.2 Å². The summed E-state index contributed by atoms with van der Waals surface area (Å²) in [6.07, 6.45) is 1.62. The van der Waals surface area contributed by atoms with Crippen LogP contribution >= 0.6 is 0 Å². The molecule has 1 aromatic carbocycles. The zero-order chi connectivity index (χ0) is 13.8. The molecule has 0 fully saturated rings. The van der Waals surface area contributed by atoms with E-state index in [1.54, 1.807) is 20.4 Å². The van der Waals surface area contributed by atoms with E-state index >= 15 is 0 Å². The second kappa shape index (κ2) is 5.48. The Morgan fingerprint density at radius 2 is 1.68 bits per heavy atom. The summed E-state index contributed by atoms with van der Waals surface area (Å²) in [5.74, 6) is 2.19. The monoisotopic (exact) mass is 259 g/mol. The second-order valence-corrected chi connectivity index (χ2v) is 4.16. The average molecular weight is 259 g/mol. The van der Waals surface area contributed by atoms with Crippen molar-refractivity contribution in [2.45, 2.75) is 6.92 Å². The van der Waals surface area contributed by atoms with Crippen molar-refractivity contribution < 1.29 is 9.47 Å². The third-order valence-corrected chi connectivity index (χ3v) is 2.71. The Hall–Kier alpha value is -2.43. The minimum Gasteiger partial charge on any atom is -0.497 e. The number of pyridine rings is 1. The topological polar surface area (TPSA) is 69.4 Å². The fraction of sp³-hybridized carbons (Fsp3) is 0.214. The van der Waals surface area contributed by atoms with Crippen LogP contribution in [0.3, 0.4) is 0 Å². The van der Waals surface area contributed by atoms with Gasteiger partial charge >= 0.3 is 0 Å². The molecular weight excluding hydrogens is 242 g/mol. The Morgan fingerprint density at radius 1 is 1.05 bits per heavy atom. The predicted molar refractivity (Wildman–Crippen MR) is 76.2 cm³/mol. The average Bonchev–Trinajstić information content (AvgIpc) is 2.41. The first-order valence-corrected chi connectivity index (χ1v) is 5.84. The maximum absolute atomic E-state index is 5.68. The number of nitrogens with zero attached hydrogens (tertiary/aromatic N) is 1. The third kappa shape index (κ3) is 3.07. The summed E-state index contributed by atoms with van der Waals surface area (Å²) in [4.78, 5) is 4.27. The number of hydrogen-bond acceptors (Lipinski definition) is 5. The van der Waals surface area contributed by atoms with Gasteiger partial charge in [-0.2, -0.15) is 0 Å². The van der Waals surface area contributed by atoms with Crippen molar-refractivity contribution in [3.05, 3.63) is 36.0 Å². The van der Waals surface area contributed by atoms with Crippen LogP contribution in [0.5, 0.6) is 11.5 Å². The highest BCUT2D eigenvalue weighted by Gasteiger charge is 2.05. The van der Waals surface area contributed by atoms with E-state index in [0.29, 0.717) is 5.69 Å². The van der Waals surface area contributed by atoms with Crippen LogP contribution in [0.2, 0.25) is 0 Å². The number of nitrogens with one attached hydrogen (secondary N) is 1. The van der Waals surface area contributed by atoms with E-state index < -0.39 is 0 Å². The Balaban J connectivity index is 2.31. The van der Waals surface area contributed by atoms with Gasteiger partial charge in [0.2, 0.25) is 0 Å². The minimum absolute atomic E-state index is 0.645. The highest BCUT2D eigenvalue weighted by atomic mass is 16.5. The minimum atomic E-state index is 0.645. The van der Waals surface area contributed by atoms with Crippen LogP contribution in [0, 0.1) is 6.92 Å². The molecule has 0 saturated heterocycles. The molecule has 100 valence electrons. The van der Waals surface area contributed by atoms with Crippen molar-refractivity contribution in [3.8, 4) is 11.5 Å². The van der Waals surface area contributed by atoms with Crippen LogP contribution < -0.4 is 20.5 Å². The molecule has 0 aliphatic rings. The summed E-state index contributed by atoms with van der Waals surface area (Å²) < 4.78 is 10.4. The fourth-order valence-corrected chi connectivity index (χ4v) is 1.74. The van der Waals surface area contributed by atoms with Gasteiger partial charge in [-0.05, 0) is 18.6 Å². The van der Waals surface area contributed by atoms with Gasteiger partial charge in [0.05, 0.1) is 26.1 Å². The van der Waals surface area contributed by atoms with Gasteiger partial charge in [-0.1, -0.05) is 0 Å². The molecule has 0 radical (unpaired) electrons. The van der Waals surface area contributed by atoms with Crippen molar-refractivity contribution >= 4 is 17.2 Å². The lowest BCUT2D eigenvalue weighted by atomic mass is 10.2. The van der Waals surface area contributed by atoms with E-state index in [0.717, 1.165) is 28.6 Å². The van der Waals surface area contributed by atoms with Gasteiger partial charge < -0.3 is 20.5 Å². The van der Waals surface area contributed by atoms with E-state index in [4.69, 9.17) is 15.2 Å². The van der Waals surface area contributed by atoms with E-state index in [2.05, 4.69) is 10.3 Å². The van der Waals surface area contributed by atoms with Crippen molar-refractivity contribution in [3.63, 3.8) is 0 Å². The van der Waals surface area contributed by atoms with Crippen LogP contribution in [0.25, 0.3) is 0 Å². The maximum atomic E-state index is 5.68. The van der Waals surface area contributed by atoms with Crippen LogP contribution in [0.1, 0.15) is 5.56 Å². The van der Waals surface area contributed by atoms with Gasteiger partial charge in [-0.3, -0.25) is 0 Å². The number of nitrogens with two attached hydrogens (primary N) is 1. The number of anilines is 3. The molecule has 2 aromatic rings. The summed E-state index contributed by atoms with van der Waals surface area (Å²) in [5, 5.41) is 3.22. The number of aryl methyl sites for hydroxylation is 1. The van der Waals surface area contributed by atoms with Crippen LogP contribution in [0.15, 0.2) is 30.5 Å². The number of ether oxygens (including phenoxy) is 2. The highest BCUT2D eigenvalue weighted by Crippen LogP contribution is 2.28. The Labute approximate surface area is 112 Å². The second-order valence-electron chi connectivity index (χ2n) is 4.16. The molecule has 0 saturated carbocycles. The van der Waals surface area contributed by atoms with Crippen LogP contribution in [-0.2, 0) is 0 Å². The summed E-state index contributed by atoms with van der Waals surface area (Å²) in [7, 11) is 3.23. The first kappa shape index (κ1) is 13.0. The molecule has 2 rings (SSSR count). The Bertz CT molecular complexity index is 563. The van der Waals surface area contributed by atoms with Crippen molar-refractivity contribution in [2.75, 3.05) is 25.3 Å². The number of aromatic nitrogens is 1. The van der Waals surface area contributed by atoms with Gasteiger partial charge in [0.15, 0.2) is 0 Å². The summed E-state index contributed by atoms with van der Waals surface area (Å²) in [6, 6.07) is 7.43. The molecule has 5 nitrogen and oxygen atoms in total. The molecule has 5 heteroatoms. The molecule has 1 heterocycles. The number of hydrogen-bond donors (Lipinski definition) is 2. The third-order valence-electron chi connectivity index (χ3n) is 2.71. The zero-order valence-electron chi connectivity index (χ0n) is 11.2. The van der Waals surface area contributed by atoms with Gasteiger partial charge in [-0.25, -0.2) is 4.98 Å².